The fourth-order valence-corrected chi connectivity index (χ4v) is 8.03. The van der Waals surface area contributed by atoms with Gasteiger partial charge in [0.2, 0.25) is 11.8 Å². The lowest BCUT2D eigenvalue weighted by atomic mass is 9.84. The Bertz CT molecular complexity index is 1700. The van der Waals surface area contributed by atoms with Crippen molar-refractivity contribution in [2.24, 2.45) is 0 Å². The van der Waals surface area contributed by atoms with Gasteiger partial charge in [0.15, 0.2) is 0 Å². The summed E-state index contributed by atoms with van der Waals surface area (Å²) in [6.07, 6.45) is 4.30. The number of hydrogen-bond acceptors (Lipinski definition) is 9. The van der Waals surface area contributed by atoms with Crippen LogP contribution in [0.3, 0.4) is 0 Å². The number of carbonyl (C=O) groups is 1. The number of rotatable bonds is 10. The molecule has 0 saturated carbocycles. The van der Waals surface area contributed by atoms with Gasteiger partial charge in [-0.3, -0.25) is 13.9 Å². The number of hydrogen-bond donors (Lipinski definition) is 3. The van der Waals surface area contributed by atoms with Gasteiger partial charge in [-0.25, -0.2) is 9.67 Å². The second-order valence-electron chi connectivity index (χ2n) is 12.2. The Hall–Kier alpha value is -3.55. The molecule has 12 heteroatoms. The normalized spacial score (nSPS) is 20.9. The number of aromatic nitrogens is 4. The van der Waals surface area contributed by atoms with Gasteiger partial charge in [-0.05, 0) is 86.1 Å². The van der Waals surface area contributed by atoms with E-state index < -0.39 is 10.8 Å². The highest BCUT2D eigenvalue weighted by Crippen LogP contribution is 2.57. The minimum Gasteiger partial charge on any atom is -0.472 e. The molecule has 0 radical (unpaired) electrons. The second-order valence-corrected chi connectivity index (χ2v) is 14.2. The topological polar surface area (TPSA) is 135 Å². The van der Waals surface area contributed by atoms with Gasteiger partial charge in [-0.2, -0.15) is 4.31 Å². The molecule has 2 aromatic carbocycles. The molecule has 11 nitrogen and oxygen atoms in total. The van der Waals surface area contributed by atoms with E-state index in [1.165, 1.54) is 0 Å². The fraction of sp³-hybridized carbons (Fsp3) is 0.471. The van der Waals surface area contributed by atoms with Crippen molar-refractivity contribution in [3.63, 3.8) is 0 Å². The number of pyridine rings is 1. The zero-order valence-corrected chi connectivity index (χ0v) is 27.8. The van der Waals surface area contributed by atoms with Crippen LogP contribution in [0.4, 0.5) is 0 Å². The molecule has 1 fully saturated rings. The van der Waals surface area contributed by atoms with Crippen LogP contribution in [0.25, 0.3) is 11.0 Å². The van der Waals surface area contributed by atoms with Gasteiger partial charge < -0.3 is 14.8 Å². The minimum absolute atomic E-state index is 0.0481. The molecular weight excluding hydrogens is 604 g/mol. The highest BCUT2D eigenvalue weighted by atomic mass is 32.3. The van der Waals surface area contributed by atoms with Crippen molar-refractivity contribution in [3.05, 3.63) is 76.5 Å². The van der Waals surface area contributed by atoms with Crippen LogP contribution in [0, 0.1) is 13.8 Å². The highest BCUT2D eigenvalue weighted by molar-refractivity contribution is 8.22. The van der Waals surface area contributed by atoms with Crippen LogP contribution in [-0.2, 0) is 22.6 Å². The maximum Gasteiger partial charge on any atom is 0.239 e. The summed E-state index contributed by atoms with van der Waals surface area (Å²) in [5.41, 5.74) is 6.72. The SMILES string of the molecule is CCC1CN(Cc2cc([C@H](CC(=O)NCC3CCCO3)c3ccc4c(nnn4CC)c3C)ccc2C)S(O)(O)c2cccnc2O1. The summed E-state index contributed by atoms with van der Waals surface area (Å²) >= 11 is 0. The Morgan fingerprint density at radius 1 is 1.15 bits per heavy atom. The van der Waals surface area contributed by atoms with Crippen LogP contribution in [-0.4, -0.2) is 71.2 Å². The average Bonchev–Trinajstić information content (AvgIpc) is 3.72. The van der Waals surface area contributed by atoms with Crippen molar-refractivity contribution < 1.29 is 23.4 Å². The Labute approximate surface area is 271 Å². The standard InChI is InChI=1S/C34H44N6O5S/c1-5-26-21-39(46(42,43)31-10-7-15-35-34(31)45-26)20-25-17-24(12-11-22(25)3)29(18-32(41)36-19-27-9-8-16-44-27)28-13-14-30-33(23(28)4)37-38-40(30)6-2/h7,10-15,17,26-27,29,42-43H,5-6,8-9,16,18-21H2,1-4H3,(H,36,41)/t26?,27?,29-/m0/s1. The smallest absolute Gasteiger partial charge is 0.239 e. The van der Waals surface area contributed by atoms with Crippen molar-refractivity contribution in [1.82, 2.24) is 29.6 Å². The third-order valence-electron chi connectivity index (χ3n) is 9.25. The van der Waals surface area contributed by atoms with Crippen molar-refractivity contribution in [2.75, 3.05) is 19.7 Å². The number of nitrogens with one attached hydrogen (secondary N) is 1. The summed E-state index contributed by atoms with van der Waals surface area (Å²) in [5.74, 6) is -0.0449. The molecule has 246 valence electrons. The quantitative estimate of drug-likeness (QED) is 0.190. The highest BCUT2D eigenvalue weighted by Gasteiger charge is 2.36. The van der Waals surface area contributed by atoms with E-state index in [1.54, 1.807) is 22.6 Å². The average molecular weight is 649 g/mol. The van der Waals surface area contributed by atoms with Gasteiger partial charge in [0.25, 0.3) is 0 Å². The number of fused-ring (bicyclic) bond motifs is 2. The van der Waals surface area contributed by atoms with Crippen LogP contribution < -0.4 is 10.1 Å². The lowest BCUT2D eigenvalue weighted by Gasteiger charge is -2.41. The van der Waals surface area contributed by atoms with Crippen LogP contribution in [0.15, 0.2) is 53.6 Å². The first-order valence-electron chi connectivity index (χ1n) is 16.1. The Morgan fingerprint density at radius 2 is 2.00 bits per heavy atom. The summed E-state index contributed by atoms with van der Waals surface area (Å²) in [5, 5.41) is 11.9. The maximum absolute atomic E-state index is 13.5. The summed E-state index contributed by atoms with van der Waals surface area (Å²) in [6.45, 7) is 10.7. The fourth-order valence-electron chi connectivity index (χ4n) is 6.47. The van der Waals surface area contributed by atoms with Gasteiger partial charge in [-0.15, -0.1) is 15.9 Å². The predicted octanol–water partition coefficient (Wildman–Crippen LogP) is 5.98. The molecular formula is C34H44N6O5S. The summed E-state index contributed by atoms with van der Waals surface area (Å²) in [6, 6.07) is 13.7. The maximum atomic E-state index is 13.5. The Balaban J connectivity index is 1.35. The lowest BCUT2D eigenvalue weighted by molar-refractivity contribution is -0.121. The van der Waals surface area contributed by atoms with Crippen molar-refractivity contribution in [1.29, 1.82) is 0 Å². The van der Waals surface area contributed by atoms with E-state index in [9.17, 15) is 13.9 Å². The van der Waals surface area contributed by atoms with Crippen LogP contribution >= 0.6 is 10.8 Å². The molecule has 2 aliphatic rings. The van der Waals surface area contributed by atoms with E-state index in [1.807, 2.05) is 38.4 Å². The van der Waals surface area contributed by atoms with Gasteiger partial charge in [-0.1, -0.05) is 36.4 Å². The molecule has 2 aliphatic heterocycles. The Kier molecular flexibility index (Phi) is 9.62. The molecule has 1 amide bonds. The van der Waals surface area contributed by atoms with Gasteiger partial charge in [0.1, 0.15) is 16.5 Å². The number of carbonyl (C=O) groups excluding carboxylic acids is 1. The molecule has 0 bridgehead atoms. The molecule has 2 aromatic heterocycles. The van der Waals surface area contributed by atoms with E-state index in [0.717, 1.165) is 58.3 Å². The molecule has 4 aromatic rings. The van der Waals surface area contributed by atoms with Crippen molar-refractivity contribution in [3.8, 4) is 5.88 Å². The third-order valence-corrected chi connectivity index (χ3v) is 11.2. The molecule has 3 atom stereocenters. The monoisotopic (exact) mass is 648 g/mol. The lowest BCUT2D eigenvalue weighted by Crippen LogP contribution is -2.34. The van der Waals surface area contributed by atoms with Crippen LogP contribution in [0.1, 0.15) is 73.3 Å². The second kappa shape index (κ2) is 13.7. The van der Waals surface area contributed by atoms with E-state index >= 15 is 0 Å². The molecule has 0 spiro atoms. The molecule has 46 heavy (non-hydrogen) atoms. The zero-order valence-electron chi connectivity index (χ0n) is 27.0. The number of aryl methyl sites for hydroxylation is 3. The van der Waals surface area contributed by atoms with Crippen molar-refractivity contribution >= 4 is 27.7 Å². The van der Waals surface area contributed by atoms with Gasteiger partial charge in [0, 0.05) is 44.8 Å². The molecule has 4 heterocycles. The predicted molar refractivity (Wildman–Crippen MR) is 178 cm³/mol. The molecule has 6 rings (SSSR count). The zero-order chi connectivity index (χ0) is 32.4. The number of ether oxygens (including phenoxy) is 2. The van der Waals surface area contributed by atoms with Crippen LogP contribution in [0.5, 0.6) is 5.88 Å². The van der Waals surface area contributed by atoms with Gasteiger partial charge in [0.05, 0.1) is 18.2 Å². The number of amides is 1. The van der Waals surface area contributed by atoms with Crippen molar-refractivity contribution in [2.45, 2.75) is 89.5 Å². The molecule has 3 N–H and O–H groups in total. The summed E-state index contributed by atoms with van der Waals surface area (Å²) in [4.78, 5) is 18.1. The number of nitrogens with zero attached hydrogens (tertiary/aromatic N) is 5. The molecule has 2 unspecified atom stereocenters. The van der Waals surface area contributed by atoms with E-state index in [4.69, 9.17) is 9.47 Å². The van der Waals surface area contributed by atoms with E-state index in [-0.39, 0.29) is 42.9 Å². The number of benzene rings is 2. The Morgan fingerprint density at radius 3 is 2.76 bits per heavy atom. The first-order chi connectivity index (χ1) is 22.2. The first-order valence-corrected chi connectivity index (χ1v) is 17.6. The van der Waals surface area contributed by atoms with Crippen LogP contribution in [0.2, 0.25) is 0 Å². The third kappa shape index (κ3) is 6.50. The summed E-state index contributed by atoms with van der Waals surface area (Å²) in [7, 11) is -3.38. The van der Waals surface area contributed by atoms with E-state index in [2.05, 4.69) is 44.9 Å². The summed E-state index contributed by atoms with van der Waals surface area (Å²) < 4.78 is 38.6. The first kappa shape index (κ1) is 32.4. The molecule has 0 aliphatic carbocycles. The largest absolute Gasteiger partial charge is 0.472 e. The minimum atomic E-state index is -3.38. The molecule has 1 saturated heterocycles. The van der Waals surface area contributed by atoms with E-state index in [0.29, 0.717) is 31.0 Å². The van der Waals surface area contributed by atoms with Gasteiger partial charge >= 0.3 is 0 Å².